The fraction of sp³-hybridized carbons (Fsp3) is 0.125. The molecular weight excluding hydrogens is 252 g/mol. The van der Waals surface area contributed by atoms with E-state index in [0.717, 1.165) is 5.56 Å². The number of ether oxygens (including phenoxy) is 1. The topological polar surface area (TPSA) is 41.9 Å². The minimum atomic E-state index is -0.373. The highest BCUT2D eigenvalue weighted by Gasteiger charge is 2.13. The molecule has 0 aliphatic rings. The predicted molar refractivity (Wildman–Crippen MR) is 80.2 cm³/mol. The SMILES string of the molecule is COC(=O)c1ccccc1N(C)/N=C/c1ccccc1. The van der Waals surface area contributed by atoms with E-state index in [0.29, 0.717) is 11.3 Å². The van der Waals surface area contributed by atoms with Gasteiger partial charge < -0.3 is 4.74 Å². The van der Waals surface area contributed by atoms with E-state index in [2.05, 4.69) is 5.10 Å². The van der Waals surface area contributed by atoms with Crippen LogP contribution in [0.3, 0.4) is 0 Å². The van der Waals surface area contributed by atoms with Gasteiger partial charge in [0.05, 0.1) is 24.6 Å². The van der Waals surface area contributed by atoms with E-state index in [9.17, 15) is 4.79 Å². The Bertz CT molecular complexity index is 609. The highest BCUT2D eigenvalue weighted by atomic mass is 16.5. The highest BCUT2D eigenvalue weighted by molar-refractivity contribution is 5.96. The molecule has 20 heavy (non-hydrogen) atoms. The van der Waals surface area contributed by atoms with Gasteiger partial charge in [0.25, 0.3) is 0 Å². The molecule has 2 rings (SSSR count). The summed E-state index contributed by atoms with van der Waals surface area (Å²) in [4.78, 5) is 11.7. The number of esters is 1. The number of hydrogen-bond donors (Lipinski definition) is 0. The van der Waals surface area contributed by atoms with Gasteiger partial charge in [0.1, 0.15) is 0 Å². The first-order chi connectivity index (χ1) is 9.72. The van der Waals surface area contributed by atoms with Crippen molar-refractivity contribution in [2.45, 2.75) is 0 Å². The molecule has 0 radical (unpaired) electrons. The van der Waals surface area contributed by atoms with Crippen molar-refractivity contribution in [1.82, 2.24) is 0 Å². The molecule has 0 heterocycles. The summed E-state index contributed by atoms with van der Waals surface area (Å²) in [6, 6.07) is 17.0. The quantitative estimate of drug-likeness (QED) is 0.486. The average molecular weight is 268 g/mol. The lowest BCUT2D eigenvalue weighted by Crippen LogP contribution is -2.14. The highest BCUT2D eigenvalue weighted by Crippen LogP contribution is 2.20. The second-order valence-corrected chi connectivity index (χ2v) is 4.19. The van der Waals surface area contributed by atoms with Gasteiger partial charge in [-0.2, -0.15) is 5.10 Å². The summed E-state index contributed by atoms with van der Waals surface area (Å²) < 4.78 is 4.77. The number of nitrogens with zero attached hydrogens (tertiary/aromatic N) is 2. The number of hydrazone groups is 1. The maximum Gasteiger partial charge on any atom is 0.340 e. The Hall–Kier alpha value is -2.62. The zero-order valence-corrected chi connectivity index (χ0v) is 11.5. The van der Waals surface area contributed by atoms with Crippen molar-refractivity contribution in [3.05, 3.63) is 65.7 Å². The van der Waals surface area contributed by atoms with Crippen molar-refractivity contribution in [2.24, 2.45) is 5.10 Å². The Morgan fingerprint density at radius 1 is 1.10 bits per heavy atom. The van der Waals surface area contributed by atoms with Crippen LogP contribution in [0.1, 0.15) is 15.9 Å². The maximum absolute atomic E-state index is 11.7. The molecule has 4 nitrogen and oxygen atoms in total. The smallest absolute Gasteiger partial charge is 0.340 e. The van der Waals surface area contributed by atoms with Crippen molar-refractivity contribution in [2.75, 3.05) is 19.2 Å². The van der Waals surface area contributed by atoms with Crippen molar-refractivity contribution in [3.63, 3.8) is 0 Å². The average Bonchev–Trinajstić information content (AvgIpc) is 2.52. The van der Waals surface area contributed by atoms with Crippen LogP contribution in [0, 0.1) is 0 Å². The number of methoxy groups -OCH3 is 1. The Morgan fingerprint density at radius 3 is 2.45 bits per heavy atom. The van der Waals surface area contributed by atoms with Gasteiger partial charge in [0.2, 0.25) is 0 Å². The first-order valence-electron chi connectivity index (χ1n) is 6.22. The van der Waals surface area contributed by atoms with Crippen LogP contribution < -0.4 is 5.01 Å². The lowest BCUT2D eigenvalue weighted by molar-refractivity contribution is 0.0601. The first kappa shape index (κ1) is 13.8. The molecule has 0 fully saturated rings. The molecule has 0 saturated heterocycles. The molecule has 0 saturated carbocycles. The number of anilines is 1. The molecule has 0 bridgehead atoms. The summed E-state index contributed by atoms with van der Waals surface area (Å²) in [6.07, 6.45) is 1.74. The van der Waals surface area contributed by atoms with Gasteiger partial charge in [0, 0.05) is 7.05 Å². The fourth-order valence-corrected chi connectivity index (χ4v) is 1.79. The van der Waals surface area contributed by atoms with Crippen LogP contribution in [-0.2, 0) is 4.74 Å². The van der Waals surface area contributed by atoms with Crippen LogP contribution in [0.25, 0.3) is 0 Å². The molecular formula is C16H16N2O2. The Labute approximate surface area is 118 Å². The third-order valence-electron chi connectivity index (χ3n) is 2.84. The van der Waals surface area contributed by atoms with Gasteiger partial charge >= 0.3 is 5.97 Å². The van der Waals surface area contributed by atoms with E-state index in [4.69, 9.17) is 4.74 Å². The minimum Gasteiger partial charge on any atom is -0.465 e. The molecule has 0 atom stereocenters. The molecule has 0 aromatic heterocycles. The lowest BCUT2D eigenvalue weighted by atomic mass is 10.2. The van der Waals surface area contributed by atoms with Gasteiger partial charge in [-0.25, -0.2) is 4.79 Å². The van der Waals surface area contributed by atoms with Crippen LogP contribution in [-0.4, -0.2) is 26.3 Å². The van der Waals surface area contributed by atoms with Gasteiger partial charge in [-0.3, -0.25) is 5.01 Å². The van der Waals surface area contributed by atoms with Gasteiger partial charge in [-0.05, 0) is 17.7 Å². The molecule has 0 amide bonds. The molecule has 102 valence electrons. The monoisotopic (exact) mass is 268 g/mol. The number of para-hydroxylation sites is 1. The van der Waals surface area contributed by atoms with Crippen LogP contribution in [0.5, 0.6) is 0 Å². The van der Waals surface area contributed by atoms with Crippen molar-refractivity contribution >= 4 is 17.9 Å². The molecule has 0 spiro atoms. The fourth-order valence-electron chi connectivity index (χ4n) is 1.79. The van der Waals surface area contributed by atoms with Gasteiger partial charge in [-0.1, -0.05) is 42.5 Å². The standard InChI is InChI=1S/C16H16N2O2/c1-18(17-12-13-8-4-3-5-9-13)15-11-7-6-10-14(15)16(19)20-2/h3-12H,1-2H3/b17-12+. The summed E-state index contributed by atoms with van der Waals surface area (Å²) >= 11 is 0. The number of benzene rings is 2. The van der Waals surface area contributed by atoms with Crippen LogP contribution in [0.2, 0.25) is 0 Å². The molecule has 2 aromatic rings. The number of carbonyl (C=O) groups is 1. The van der Waals surface area contributed by atoms with E-state index >= 15 is 0 Å². The molecule has 2 aromatic carbocycles. The minimum absolute atomic E-state index is 0.373. The summed E-state index contributed by atoms with van der Waals surface area (Å²) in [5, 5.41) is 5.99. The molecule has 0 unspecified atom stereocenters. The Morgan fingerprint density at radius 2 is 1.75 bits per heavy atom. The maximum atomic E-state index is 11.7. The van der Waals surface area contributed by atoms with E-state index in [-0.39, 0.29) is 5.97 Å². The normalized spacial score (nSPS) is 10.5. The third kappa shape index (κ3) is 3.23. The second-order valence-electron chi connectivity index (χ2n) is 4.19. The lowest BCUT2D eigenvalue weighted by Gasteiger charge is -2.15. The molecule has 0 N–H and O–H groups in total. The van der Waals surface area contributed by atoms with E-state index in [1.165, 1.54) is 7.11 Å². The second kappa shape index (κ2) is 6.52. The third-order valence-corrected chi connectivity index (χ3v) is 2.84. The van der Waals surface area contributed by atoms with E-state index in [1.807, 2.05) is 42.5 Å². The Kier molecular flexibility index (Phi) is 4.50. The van der Waals surface area contributed by atoms with E-state index < -0.39 is 0 Å². The van der Waals surface area contributed by atoms with Gasteiger partial charge in [-0.15, -0.1) is 0 Å². The van der Waals surface area contributed by atoms with Crippen LogP contribution >= 0.6 is 0 Å². The van der Waals surface area contributed by atoms with Crippen LogP contribution in [0.4, 0.5) is 5.69 Å². The Balaban J connectivity index is 2.23. The zero-order chi connectivity index (χ0) is 14.4. The number of carbonyl (C=O) groups excluding carboxylic acids is 1. The summed E-state index contributed by atoms with van der Waals surface area (Å²) in [5.74, 6) is -0.373. The number of hydrogen-bond acceptors (Lipinski definition) is 4. The van der Waals surface area contributed by atoms with Crippen molar-refractivity contribution in [1.29, 1.82) is 0 Å². The first-order valence-corrected chi connectivity index (χ1v) is 6.22. The summed E-state index contributed by atoms with van der Waals surface area (Å²) in [7, 11) is 3.16. The number of rotatable bonds is 4. The van der Waals surface area contributed by atoms with Crippen molar-refractivity contribution < 1.29 is 9.53 Å². The largest absolute Gasteiger partial charge is 0.465 e. The molecule has 4 heteroatoms. The van der Waals surface area contributed by atoms with Crippen LogP contribution in [0.15, 0.2) is 59.7 Å². The predicted octanol–water partition coefficient (Wildman–Crippen LogP) is 2.94. The van der Waals surface area contributed by atoms with Gasteiger partial charge in [0.15, 0.2) is 0 Å². The molecule has 0 aliphatic carbocycles. The van der Waals surface area contributed by atoms with E-state index in [1.54, 1.807) is 30.4 Å². The van der Waals surface area contributed by atoms with Crippen molar-refractivity contribution in [3.8, 4) is 0 Å². The summed E-state index contributed by atoms with van der Waals surface area (Å²) in [5.41, 5.74) is 2.18. The summed E-state index contributed by atoms with van der Waals surface area (Å²) in [6.45, 7) is 0. The molecule has 0 aliphatic heterocycles. The zero-order valence-electron chi connectivity index (χ0n) is 11.5.